The van der Waals surface area contributed by atoms with Gasteiger partial charge in [0.2, 0.25) is 0 Å². The molecule has 18 heavy (non-hydrogen) atoms. The van der Waals surface area contributed by atoms with Gasteiger partial charge in [-0.3, -0.25) is 4.79 Å². The number of thioether (sulfide) groups is 1. The monoisotopic (exact) mass is 269 g/mol. The Morgan fingerprint density at radius 3 is 2.94 bits per heavy atom. The Labute approximate surface area is 112 Å². The second-order valence-corrected chi connectivity index (χ2v) is 4.81. The molecule has 0 aliphatic carbocycles. The van der Waals surface area contributed by atoms with Crippen LogP contribution in [0.3, 0.4) is 0 Å². The first-order valence-corrected chi connectivity index (χ1v) is 7.09. The van der Waals surface area contributed by atoms with E-state index in [0.717, 1.165) is 11.3 Å². The average Bonchev–Trinajstić information content (AvgIpc) is 2.39. The number of carbonyl (C=O) groups is 1. The van der Waals surface area contributed by atoms with E-state index in [1.54, 1.807) is 17.8 Å². The van der Waals surface area contributed by atoms with Crippen LogP contribution in [0.5, 0.6) is 0 Å². The molecule has 1 unspecified atom stereocenters. The molecule has 1 aromatic carbocycles. The summed E-state index contributed by atoms with van der Waals surface area (Å²) in [6.45, 7) is 0.164. The molecule has 1 rings (SSSR count). The topological polar surface area (TPSA) is 58.6 Å². The van der Waals surface area contributed by atoms with E-state index in [9.17, 15) is 4.79 Å². The van der Waals surface area contributed by atoms with E-state index in [1.807, 2.05) is 24.5 Å². The highest BCUT2D eigenvalue weighted by molar-refractivity contribution is 7.97. The third-order valence-electron chi connectivity index (χ3n) is 2.42. The molecule has 0 saturated carbocycles. The molecule has 0 radical (unpaired) electrons. The minimum absolute atomic E-state index is 0.135. The summed E-state index contributed by atoms with van der Waals surface area (Å²) in [5.41, 5.74) is 1.72. The van der Waals surface area contributed by atoms with Crippen molar-refractivity contribution in [3.05, 3.63) is 35.4 Å². The first-order chi connectivity index (χ1) is 8.71. The summed E-state index contributed by atoms with van der Waals surface area (Å²) < 4.78 is 4.92. The van der Waals surface area contributed by atoms with Crippen LogP contribution in [0.4, 0.5) is 0 Å². The van der Waals surface area contributed by atoms with Gasteiger partial charge in [-0.25, -0.2) is 0 Å². The molecular formula is C13H19NO3S. The van der Waals surface area contributed by atoms with Gasteiger partial charge < -0.3 is 15.2 Å². The lowest BCUT2D eigenvalue weighted by molar-refractivity contribution is 0.0839. The zero-order valence-corrected chi connectivity index (χ0v) is 11.5. The Morgan fingerprint density at radius 1 is 1.56 bits per heavy atom. The number of aliphatic hydroxyl groups excluding tert-OH is 1. The molecular weight excluding hydrogens is 250 g/mol. The van der Waals surface area contributed by atoms with Crippen molar-refractivity contribution in [3.8, 4) is 0 Å². The number of nitrogens with one attached hydrogen (secondary N) is 1. The van der Waals surface area contributed by atoms with E-state index in [-0.39, 0.29) is 18.6 Å². The molecule has 0 heterocycles. The van der Waals surface area contributed by atoms with Gasteiger partial charge in [-0.2, -0.15) is 11.8 Å². The molecule has 0 bridgehead atoms. The average molecular weight is 269 g/mol. The van der Waals surface area contributed by atoms with Gasteiger partial charge in [0.05, 0.1) is 19.3 Å². The summed E-state index contributed by atoms with van der Waals surface area (Å²) in [5.74, 6) is 0.692. The van der Waals surface area contributed by atoms with Crippen molar-refractivity contribution in [1.82, 2.24) is 5.32 Å². The molecule has 1 amide bonds. The maximum Gasteiger partial charge on any atom is 0.251 e. The fourth-order valence-electron chi connectivity index (χ4n) is 1.58. The van der Waals surface area contributed by atoms with E-state index in [2.05, 4.69) is 5.32 Å². The van der Waals surface area contributed by atoms with Crippen molar-refractivity contribution in [2.24, 2.45) is 0 Å². The molecule has 0 aliphatic rings. The van der Waals surface area contributed by atoms with Crippen molar-refractivity contribution >= 4 is 17.7 Å². The van der Waals surface area contributed by atoms with Crippen molar-refractivity contribution in [1.29, 1.82) is 0 Å². The first-order valence-electron chi connectivity index (χ1n) is 5.69. The summed E-state index contributed by atoms with van der Waals surface area (Å²) in [7, 11) is 1.54. The van der Waals surface area contributed by atoms with Crippen molar-refractivity contribution in [3.63, 3.8) is 0 Å². The number of rotatable bonds is 7. The molecule has 0 fully saturated rings. The van der Waals surface area contributed by atoms with Gasteiger partial charge in [-0.05, 0) is 24.0 Å². The fraction of sp³-hybridized carbons (Fsp3) is 0.462. The summed E-state index contributed by atoms with van der Waals surface area (Å²) >= 11 is 1.71. The van der Waals surface area contributed by atoms with Gasteiger partial charge in [0.1, 0.15) is 0 Å². The quantitative estimate of drug-likeness (QED) is 0.783. The predicted molar refractivity (Wildman–Crippen MR) is 73.9 cm³/mol. The SMILES string of the molecule is COCC(CO)NC(=O)c1cccc(CSC)c1. The van der Waals surface area contributed by atoms with Gasteiger partial charge in [0, 0.05) is 18.4 Å². The summed E-state index contributed by atoms with van der Waals surface area (Å²) in [5, 5.41) is 11.8. The normalized spacial score (nSPS) is 12.2. The van der Waals surface area contributed by atoms with Gasteiger partial charge in [-0.1, -0.05) is 12.1 Å². The van der Waals surface area contributed by atoms with E-state index in [0.29, 0.717) is 12.2 Å². The van der Waals surface area contributed by atoms with Crippen molar-refractivity contribution in [2.45, 2.75) is 11.8 Å². The van der Waals surface area contributed by atoms with E-state index >= 15 is 0 Å². The van der Waals surface area contributed by atoms with Gasteiger partial charge in [0.25, 0.3) is 5.91 Å². The second-order valence-electron chi connectivity index (χ2n) is 3.94. The number of aliphatic hydroxyl groups is 1. The molecule has 4 nitrogen and oxygen atoms in total. The number of hydrogen-bond acceptors (Lipinski definition) is 4. The van der Waals surface area contributed by atoms with Crippen LogP contribution in [0.1, 0.15) is 15.9 Å². The molecule has 0 aliphatic heterocycles. The highest BCUT2D eigenvalue weighted by atomic mass is 32.2. The molecule has 0 saturated heterocycles. The maximum absolute atomic E-state index is 12.0. The van der Waals surface area contributed by atoms with E-state index in [1.165, 1.54) is 7.11 Å². The molecule has 0 spiro atoms. The molecule has 1 atom stereocenters. The van der Waals surface area contributed by atoms with Crippen molar-refractivity contribution < 1.29 is 14.6 Å². The van der Waals surface area contributed by atoms with Crippen LogP contribution in [0, 0.1) is 0 Å². The zero-order valence-electron chi connectivity index (χ0n) is 10.7. The standard InChI is InChI=1S/C13H19NO3S/c1-17-8-12(7-15)14-13(16)11-5-3-4-10(6-11)9-18-2/h3-6,12,15H,7-9H2,1-2H3,(H,14,16). The number of ether oxygens (including phenoxy) is 1. The van der Waals surface area contributed by atoms with E-state index < -0.39 is 0 Å². The number of hydrogen-bond donors (Lipinski definition) is 2. The number of methoxy groups -OCH3 is 1. The van der Waals surface area contributed by atoms with Crippen LogP contribution < -0.4 is 5.32 Å². The largest absolute Gasteiger partial charge is 0.394 e. The van der Waals surface area contributed by atoms with Crippen LogP contribution in [-0.2, 0) is 10.5 Å². The van der Waals surface area contributed by atoms with Crippen LogP contribution in [0.25, 0.3) is 0 Å². The minimum Gasteiger partial charge on any atom is -0.394 e. The lowest BCUT2D eigenvalue weighted by atomic mass is 10.1. The third-order valence-corrected chi connectivity index (χ3v) is 3.05. The third kappa shape index (κ3) is 4.68. The highest BCUT2D eigenvalue weighted by Crippen LogP contribution is 2.11. The molecule has 2 N–H and O–H groups in total. The molecule has 100 valence electrons. The highest BCUT2D eigenvalue weighted by Gasteiger charge is 2.12. The zero-order chi connectivity index (χ0) is 13.4. The lowest BCUT2D eigenvalue weighted by Crippen LogP contribution is -2.40. The second kappa shape index (κ2) is 8.13. The molecule has 1 aromatic rings. The van der Waals surface area contributed by atoms with Gasteiger partial charge in [0.15, 0.2) is 0 Å². The van der Waals surface area contributed by atoms with Crippen LogP contribution in [0.15, 0.2) is 24.3 Å². The predicted octanol–water partition coefficient (Wildman–Crippen LogP) is 1.29. The Kier molecular flexibility index (Phi) is 6.78. The minimum atomic E-state index is -0.369. The fourth-order valence-corrected chi connectivity index (χ4v) is 2.09. The van der Waals surface area contributed by atoms with Crippen LogP contribution >= 0.6 is 11.8 Å². The van der Waals surface area contributed by atoms with Crippen molar-refractivity contribution in [2.75, 3.05) is 26.6 Å². The van der Waals surface area contributed by atoms with E-state index in [4.69, 9.17) is 9.84 Å². The Morgan fingerprint density at radius 2 is 2.33 bits per heavy atom. The Balaban J connectivity index is 2.68. The first kappa shape index (κ1) is 15.0. The van der Waals surface area contributed by atoms with Gasteiger partial charge in [-0.15, -0.1) is 0 Å². The number of benzene rings is 1. The summed E-state index contributed by atoms with van der Waals surface area (Å²) in [6, 6.07) is 7.12. The molecule has 0 aromatic heterocycles. The Hall–Kier alpha value is -1.04. The lowest BCUT2D eigenvalue weighted by Gasteiger charge is -2.15. The number of carbonyl (C=O) groups excluding carboxylic acids is 1. The Bertz CT molecular complexity index is 384. The van der Waals surface area contributed by atoms with Gasteiger partial charge >= 0.3 is 0 Å². The smallest absolute Gasteiger partial charge is 0.251 e. The van der Waals surface area contributed by atoms with Crippen LogP contribution in [0.2, 0.25) is 0 Å². The van der Waals surface area contributed by atoms with Crippen LogP contribution in [-0.4, -0.2) is 43.6 Å². The maximum atomic E-state index is 12.0. The summed E-state index contributed by atoms with van der Waals surface area (Å²) in [6.07, 6.45) is 2.02. The number of amides is 1. The summed E-state index contributed by atoms with van der Waals surface area (Å²) in [4.78, 5) is 12.0. The molecule has 5 heteroatoms.